The molecule has 7 heteroatoms. The molecule has 0 fully saturated rings. The van der Waals surface area contributed by atoms with E-state index in [1.807, 2.05) is 0 Å². The van der Waals surface area contributed by atoms with Gasteiger partial charge in [0.25, 0.3) is 0 Å². The standard InChI is InChI=1S/C13H13N3O4/c1-2-20-13(19)10-7-11(14)16(15-10)9-5-3-8(4-6-9)12(17)18/h3-7H,2,14H2,1H3,(H,17,18). The number of benzene rings is 1. The summed E-state index contributed by atoms with van der Waals surface area (Å²) >= 11 is 0. The van der Waals surface area contributed by atoms with Gasteiger partial charge in [0.2, 0.25) is 0 Å². The fourth-order valence-electron chi connectivity index (χ4n) is 1.65. The number of carboxylic acid groups (broad SMARTS) is 1. The molecule has 7 nitrogen and oxygen atoms in total. The van der Waals surface area contributed by atoms with E-state index < -0.39 is 11.9 Å². The Morgan fingerprint density at radius 3 is 2.55 bits per heavy atom. The monoisotopic (exact) mass is 275 g/mol. The van der Waals surface area contributed by atoms with Gasteiger partial charge in [0.15, 0.2) is 5.69 Å². The molecule has 1 aromatic carbocycles. The molecule has 104 valence electrons. The number of nitrogen functional groups attached to an aromatic ring is 1. The van der Waals surface area contributed by atoms with Gasteiger partial charge in [-0.15, -0.1) is 0 Å². The minimum atomic E-state index is -1.02. The summed E-state index contributed by atoms with van der Waals surface area (Å²) in [5.41, 5.74) is 6.60. The third-order valence-electron chi connectivity index (χ3n) is 2.58. The molecule has 2 aromatic rings. The second kappa shape index (κ2) is 5.43. The van der Waals surface area contributed by atoms with Crippen molar-refractivity contribution in [1.82, 2.24) is 9.78 Å². The zero-order chi connectivity index (χ0) is 14.7. The number of nitrogens with zero attached hydrogens (tertiary/aromatic N) is 2. The van der Waals surface area contributed by atoms with Crippen LogP contribution in [0.2, 0.25) is 0 Å². The molecule has 0 aliphatic heterocycles. The van der Waals surface area contributed by atoms with Gasteiger partial charge in [-0.3, -0.25) is 0 Å². The van der Waals surface area contributed by atoms with Crippen LogP contribution in [0, 0.1) is 0 Å². The average molecular weight is 275 g/mol. The Morgan fingerprint density at radius 1 is 1.35 bits per heavy atom. The number of nitrogens with two attached hydrogens (primary N) is 1. The van der Waals surface area contributed by atoms with Crippen LogP contribution in [-0.2, 0) is 4.74 Å². The molecule has 0 bridgehead atoms. The molecule has 20 heavy (non-hydrogen) atoms. The maximum Gasteiger partial charge on any atom is 0.358 e. The predicted octanol–water partition coefficient (Wildman–Crippen LogP) is 1.33. The lowest BCUT2D eigenvalue weighted by Gasteiger charge is -2.04. The summed E-state index contributed by atoms with van der Waals surface area (Å²) in [5.74, 6) is -1.31. The second-order valence-corrected chi connectivity index (χ2v) is 3.94. The lowest BCUT2D eigenvalue weighted by molar-refractivity contribution is 0.0518. The quantitative estimate of drug-likeness (QED) is 0.815. The van der Waals surface area contributed by atoms with Crippen molar-refractivity contribution >= 4 is 17.8 Å². The summed E-state index contributed by atoms with van der Waals surface area (Å²) < 4.78 is 6.18. The summed E-state index contributed by atoms with van der Waals surface area (Å²) in [5, 5.41) is 12.9. The van der Waals surface area contributed by atoms with Crippen LogP contribution < -0.4 is 5.73 Å². The number of hydrogen-bond donors (Lipinski definition) is 2. The van der Waals surface area contributed by atoms with Crippen molar-refractivity contribution in [3.63, 3.8) is 0 Å². The molecule has 1 aromatic heterocycles. The number of ether oxygens (including phenoxy) is 1. The van der Waals surface area contributed by atoms with Crippen molar-refractivity contribution in [3.8, 4) is 5.69 Å². The van der Waals surface area contributed by atoms with Crippen molar-refractivity contribution in [2.24, 2.45) is 0 Å². The minimum Gasteiger partial charge on any atom is -0.478 e. The van der Waals surface area contributed by atoms with E-state index in [4.69, 9.17) is 15.6 Å². The van der Waals surface area contributed by atoms with E-state index in [1.165, 1.54) is 22.9 Å². The van der Waals surface area contributed by atoms with Gasteiger partial charge in [0.1, 0.15) is 5.82 Å². The zero-order valence-corrected chi connectivity index (χ0v) is 10.7. The predicted molar refractivity (Wildman–Crippen MR) is 70.9 cm³/mol. The Bertz CT molecular complexity index is 646. The number of aromatic carboxylic acids is 1. The number of hydrogen-bond acceptors (Lipinski definition) is 5. The zero-order valence-electron chi connectivity index (χ0n) is 10.7. The highest BCUT2D eigenvalue weighted by atomic mass is 16.5. The van der Waals surface area contributed by atoms with E-state index >= 15 is 0 Å². The molecule has 0 saturated carbocycles. The number of anilines is 1. The first-order chi connectivity index (χ1) is 9.52. The lowest BCUT2D eigenvalue weighted by Crippen LogP contribution is -2.07. The normalized spacial score (nSPS) is 10.2. The number of carbonyl (C=O) groups excluding carboxylic acids is 1. The molecule has 3 N–H and O–H groups in total. The maximum absolute atomic E-state index is 11.6. The first kappa shape index (κ1) is 13.6. The van der Waals surface area contributed by atoms with E-state index in [0.29, 0.717) is 5.69 Å². The van der Waals surface area contributed by atoms with Crippen molar-refractivity contribution in [2.75, 3.05) is 12.3 Å². The van der Waals surface area contributed by atoms with E-state index in [2.05, 4.69) is 5.10 Å². The van der Waals surface area contributed by atoms with Gasteiger partial charge in [0.05, 0.1) is 17.9 Å². The van der Waals surface area contributed by atoms with Crippen LogP contribution >= 0.6 is 0 Å². The molecule has 1 heterocycles. The molecule has 0 saturated heterocycles. The van der Waals surface area contributed by atoms with Crippen molar-refractivity contribution in [2.45, 2.75) is 6.92 Å². The number of carbonyl (C=O) groups is 2. The molecular formula is C13H13N3O4. The van der Waals surface area contributed by atoms with E-state index in [1.54, 1.807) is 19.1 Å². The van der Waals surface area contributed by atoms with Crippen LogP contribution in [0.1, 0.15) is 27.8 Å². The Labute approximate surface area is 114 Å². The molecule has 0 aliphatic rings. The Hall–Kier alpha value is -2.83. The highest BCUT2D eigenvalue weighted by molar-refractivity contribution is 5.89. The maximum atomic E-state index is 11.6. The average Bonchev–Trinajstić information content (AvgIpc) is 2.81. The van der Waals surface area contributed by atoms with Crippen molar-refractivity contribution in [1.29, 1.82) is 0 Å². The summed E-state index contributed by atoms with van der Waals surface area (Å²) in [7, 11) is 0. The van der Waals surface area contributed by atoms with Gasteiger partial charge in [-0.1, -0.05) is 0 Å². The first-order valence-corrected chi connectivity index (χ1v) is 5.89. The van der Waals surface area contributed by atoms with Crippen molar-refractivity contribution in [3.05, 3.63) is 41.6 Å². The fraction of sp³-hybridized carbons (Fsp3) is 0.154. The molecule has 0 amide bonds. The van der Waals surface area contributed by atoms with Crippen LogP contribution in [0.4, 0.5) is 5.82 Å². The van der Waals surface area contributed by atoms with Crippen molar-refractivity contribution < 1.29 is 19.4 Å². The van der Waals surface area contributed by atoms with Gasteiger partial charge >= 0.3 is 11.9 Å². The van der Waals surface area contributed by atoms with Gasteiger partial charge < -0.3 is 15.6 Å². The molecule has 0 aliphatic carbocycles. The van der Waals surface area contributed by atoms with Gasteiger partial charge in [-0.2, -0.15) is 5.10 Å². The van der Waals surface area contributed by atoms with E-state index in [0.717, 1.165) is 0 Å². The van der Waals surface area contributed by atoms with Gasteiger partial charge in [0, 0.05) is 6.07 Å². The second-order valence-electron chi connectivity index (χ2n) is 3.94. The molecular weight excluding hydrogens is 262 g/mol. The lowest BCUT2D eigenvalue weighted by atomic mass is 10.2. The van der Waals surface area contributed by atoms with Gasteiger partial charge in [-0.25, -0.2) is 14.3 Å². The Balaban J connectivity index is 2.33. The fourth-order valence-corrected chi connectivity index (χ4v) is 1.65. The minimum absolute atomic E-state index is 0.103. The highest BCUT2D eigenvalue weighted by Crippen LogP contribution is 2.16. The number of rotatable bonds is 4. The molecule has 0 unspecified atom stereocenters. The van der Waals surface area contributed by atoms with Crippen LogP contribution in [0.25, 0.3) is 5.69 Å². The van der Waals surface area contributed by atoms with E-state index in [9.17, 15) is 9.59 Å². The summed E-state index contributed by atoms with van der Waals surface area (Å²) in [6.07, 6.45) is 0. The summed E-state index contributed by atoms with van der Waals surface area (Å²) in [4.78, 5) is 22.3. The number of aromatic nitrogens is 2. The van der Waals surface area contributed by atoms with Gasteiger partial charge in [-0.05, 0) is 31.2 Å². The Kier molecular flexibility index (Phi) is 3.69. The molecule has 0 atom stereocenters. The number of esters is 1. The topological polar surface area (TPSA) is 107 Å². The van der Waals surface area contributed by atoms with Crippen LogP contribution in [0.15, 0.2) is 30.3 Å². The summed E-state index contributed by atoms with van der Waals surface area (Å²) in [6, 6.07) is 7.39. The molecule has 0 spiro atoms. The third kappa shape index (κ3) is 2.61. The Morgan fingerprint density at radius 2 is 2.00 bits per heavy atom. The SMILES string of the molecule is CCOC(=O)c1cc(N)n(-c2ccc(C(=O)O)cc2)n1. The van der Waals surface area contributed by atoms with Crippen LogP contribution in [0.3, 0.4) is 0 Å². The smallest absolute Gasteiger partial charge is 0.358 e. The summed E-state index contributed by atoms with van der Waals surface area (Å²) in [6.45, 7) is 1.95. The highest BCUT2D eigenvalue weighted by Gasteiger charge is 2.14. The molecule has 2 rings (SSSR count). The molecule has 0 radical (unpaired) electrons. The largest absolute Gasteiger partial charge is 0.478 e. The number of carboxylic acids is 1. The third-order valence-corrected chi connectivity index (χ3v) is 2.58. The van der Waals surface area contributed by atoms with Crippen LogP contribution in [0.5, 0.6) is 0 Å². The van der Waals surface area contributed by atoms with Crippen LogP contribution in [-0.4, -0.2) is 33.4 Å². The first-order valence-electron chi connectivity index (χ1n) is 5.89. The van der Waals surface area contributed by atoms with E-state index in [-0.39, 0.29) is 23.7 Å².